The molecule has 1 atom stereocenters. The van der Waals surface area contributed by atoms with Crippen LogP contribution >= 0.6 is 27.3 Å². The number of carbonyl (C=O) groups excluding carboxylic acids is 1. The Labute approximate surface area is 119 Å². The molecule has 1 heterocycles. The van der Waals surface area contributed by atoms with Crippen molar-refractivity contribution < 1.29 is 14.7 Å². The second kappa shape index (κ2) is 6.33. The zero-order valence-electron chi connectivity index (χ0n) is 10.5. The van der Waals surface area contributed by atoms with Crippen LogP contribution in [0.4, 0.5) is 0 Å². The number of amides is 1. The maximum Gasteiger partial charge on any atom is 0.305 e. The maximum absolute atomic E-state index is 12.0. The van der Waals surface area contributed by atoms with E-state index < -0.39 is 5.97 Å². The summed E-state index contributed by atoms with van der Waals surface area (Å²) in [5, 5.41) is 11.6. The number of hydrogen-bond acceptors (Lipinski definition) is 3. The Balaban J connectivity index is 2.75. The van der Waals surface area contributed by atoms with Gasteiger partial charge in [0.05, 0.1) is 15.1 Å². The van der Waals surface area contributed by atoms with Gasteiger partial charge in [-0.3, -0.25) is 9.59 Å². The quantitative estimate of drug-likeness (QED) is 0.870. The van der Waals surface area contributed by atoms with Crippen LogP contribution in [0.1, 0.15) is 35.5 Å². The highest BCUT2D eigenvalue weighted by atomic mass is 79.9. The summed E-state index contributed by atoms with van der Waals surface area (Å²) >= 11 is 4.72. The molecule has 18 heavy (non-hydrogen) atoms. The lowest BCUT2D eigenvalue weighted by Crippen LogP contribution is -2.39. The normalized spacial score (nSPS) is 12.5. The van der Waals surface area contributed by atoms with E-state index in [1.807, 2.05) is 20.8 Å². The third kappa shape index (κ3) is 4.10. The molecule has 100 valence electrons. The highest BCUT2D eigenvalue weighted by Crippen LogP contribution is 2.27. The molecule has 1 aromatic heterocycles. The van der Waals surface area contributed by atoms with Crippen LogP contribution in [0.2, 0.25) is 0 Å². The van der Waals surface area contributed by atoms with Crippen molar-refractivity contribution in [2.45, 2.75) is 33.2 Å². The lowest BCUT2D eigenvalue weighted by Gasteiger charge is -2.20. The zero-order chi connectivity index (χ0) is 13.9. The molecule has 0 aliphatic heterocycles. The lowest BCUT2D eigenvalue weighted by atomic mass is 10.0. The molecule has 6 heteroatoms. The van der Waals surface area contributed by atoms with Crippen molar-refractivity contribution in [3.63, 3.8) is 0 Å². The predicted molar refractivity (Wildman–Crippen MR) is 75.1 cm³/mol. The number of aliphatic carboxylic acids is 1. The van der Waals surface area contributed by atoms with E-state index in [1.165, 1.54) is 11.3 Å². The van der Waals surface area contributed by atoms with E-state index in [9.17, 15) is 9.59 Å². The Morgan fingerprint density at radius 1 is 1.50 bits per heavy atom. The van der Waals surface area contributed by atoms with Crippen LogP contribution in [-0.4, -0.2) is 23.0 Å². The summed E-state index contributed by atoms with van der Waals surface area (Å²) in [6, 6.07) is 1.44. The first-order valence-corrected chi connectivity index (χ1v) is 7.20. The van der Waals surface area contributed by atoms with Gasteiger partial charge in [0, 0.05) is 6.04 Å². The molecule has 1 aromatic rings. The van der Waals surface area contributed by atoms with Crippen molar-refractivity contribution in [2.24, 2.45) is 5.92 Å². The van der Waals surface area contributed by atoms with Gasteiger partial charge >= 0.3 is 5.97 Å². The average molecular weight is 334 g/mol. The molecule has 1 amide bonds. The van der Waals surface area contributed by atoms with Crippen LogP contribution < -0.4 is 5.32 Å². The Bertz CT molecular complexity index is 437. The van der Waals surface area contributed by atoms with Gasteiger partial charge in [-0.2, -0.15) is 0 Å². The molecule has 0 radical (unpaired) electrons. The second-order valence-electron chi connectivity index (χ2n) is 4.49. The fraction of sp³-hybridized carbons (Fsp3) is 0.500. The molecule has 0 saturated carbocycles. The molecule has 0 bridgehead atoms. The van der Waals surface area contributed by atoms with Gasteiger partial charge in [-0.15, -0.1) is 11.3 Å². The average Bonchev–Trinajstić information content (AvgIpc) is 2.57. The zero-order valence-corrected chi connectivity index (χ0v) is 12.9. The van der Waals surface area contributed by atoms with Gasteiger partial charge in [0.25, 0.3) is 5.91 Å². The Kier molecular flexibility index (Phi) is 5.34. The molecule has 0 aliphatic carbocycles. The SMILES string of the molecule is Cc1cc(C(=O)NC(CC(=O)O)C(C)C)sc1Br. The Hall–Kier alpha value is -0.880. The standard InChI is InChI=1S/C12H16BrNO3S/c1-6(2)8(5-10(15)16)14-12(17)9-4-7(3)11(13)18-9/h4,6,8H,5H2,1-3H3,(H,14,17)(H,15,16). The van der Waals surface area contributed by atoms with Gasteiger partial charge in [0.2, 0.25) is 0 Å². The second-order valence-corrected chi connectivity index (χ2v) is 6.86. The topological polar surface area (TPSA) is 66.4 Å². The van der Waals surface area contributed by atoms with Crippen LogP contribution in [0.3, 0.4) is 0 Å². The highest BCUT2D eigenvalue weighted by Gasteiger charge is 2.21. The molecule has 0 saturated heterocycles. The molecule has 1 rings (SSSR count). The molecule has 0 aliphatic rings. The van der Waals surface area contributed by atoms with Gasteiger partial charge in [0.15, 0.2) is 0 Å². The first-order valence-electron chi connectivity index (χ1n) is 5.59. The number of thiophene rings is 1. The summed E-state index contributed by atoms with van der Waals surface area (Å²) in [5.74, 6) is -1.04. The van der Waals surface area contributed by atoms with Crippen LogP contribution in [0, 0.1) is 12.8 Å². The summed E-state index contributed by atoms with van der Waals surface area (Å²) in [4.78, 5) is 23.3. The number of carbonyl (C=O) groups is 2. The highest BCUT2D eigenvalue weighted by molar-refractivity contribution is 9.11. The fourth-order valence-corrected chi connectivity index (χ4v) is 2.89. The monoisotopic (exact) mass is 333 g/mol. The number of nitrogens with one attached hydrogen (secondary N) is 1. The van der Waals surface area contributed by atoms with E-state index in [1.54, 1.807) is 6.07 Å². The Morgan fingerprint density at radius 2 is 2.11 bits per heavy atom. The Morgan fingerprint density at radius 3 is 2.50 bits per heavy atom. The molecule has 1 unspecified atom stereocenters. The molecule has 0 aromatic carbocycles. The van der Waals surface area contributed by atoms with Crippen LogP contribution in [0.15, 0.2) is 9.85 Å². The third-order valence-corrected chi connectivity index (χ3v) is 4.73. The van der Waals surface area contributed by atoms with E-state index in [2.05, 4.69) is 21.2 Å². The predicted octanol–water partition coefficient (Wildman–Crippen LogP) is 3.05. The number of hydrogen-bond donors (Lipinski definition) is 2. The number of aryl methyl sites for hydroxylation is 1. The van der Waals surface area contributed by atoms with Crippen molar-refractivity contribution >= 4 is 39.1 Å². The molecule has 4 nitrogen and oxygen atoms in total. The summed E-state index contributed by atoms with van der Waals surface area (Å²) in [7, 11) is 0. The first kappa shape index (κ1) is 15.2. The minimum atomic E-state index is -0.905. The van der Waals surface area contributed by atoms with Crippen LogP contribution in [0.5, 0.6) is 0 Å². The molecular formula is C12H16BrNO3S. The largest absolute Gasteiger partial charge is 0.481 e. The molecule has 0 fully saturated rings. The first-order chi connectivity index (χ1) is 8.31. The van der Waals surface area contributed by atoms with E-state index in [4.69, 9.17) is 5.11 Å². The van der Waals surface area contributed by atoms with Gasteiger partial charge < -0.3 is 10.4 Å². The van der Waals surface area contributed by atoms with Crippen LogP contribution in [0.25, 0.3) is 0 Å². The number of carboxylic acids is 1. The lowest BCUT2D eigenvalue weighted by molar-refractivity contribution is -0.137. The minimum Gasteiger partial charge on any atom is -0.481 e. The maximum atomic E-state index is 12.0. The van der Waals surface area contributed by atoms with Crippen molar-refractivity contribution in [3.8, 4) is 0 Å². The van der Waals surface area contributed by atoms with E-state index >= 15 is 0 Å². The van der Waals surface area contributed by atoms with Crippen molar-refractivity contribution in [2.75, 3.05) is 0 Å². The van der Waals surface area contributed by atoms with Crippen molar-refractivity contribution in [3.05, 3.63) is 20.3 Å². The fourth-order valence-electron chi connectivity index (χ4n) is 1.45. The number of rotatable bonds is 5. The van der Waals surface area contributed by atoms with Gasteiger partial charge in [-0.25, -0.2) is 0 Å². The molecule has 0 spiro atoms. The summed E-state index contributed by atoms with van der Waals surface area (Å²) in [5.41, 5.74) is 1.00. The minimum absolute atomic E-state index is 0.0606. The summed E-state index contributed by atoms with van der Waals surface area (Å²) in [6.45, 7) is 5.70. The summed E-state index contributed by atoms with van der Waals surface area (Å²) < 4.78 is 0.923. The van der Waals surface area contributed by atoms with Crippen LogP contribution in [-0.2, 0) is 4.79 Å². The molecular weight excluding hydrogens is 318 g/mol. The van der Waals surface area contributed by atoms with Crippen molar-refractivity contribution in [1.82, 2.24) is 5.32 Å². The molecule has 2 N–H and O–H groups in total. The number of halogens is 1. The summed E-state index contributed by atoms with van der Waals surface area (Å²) in [6.07, 6.45) is -0.0606. The van der Waals surface area contributed by atoms with Gasteiger partial charge in [0.1, 0.15) is 0 Å². The van der Waals surface area contributed by atoms with E-state index in [0.29, 0.717) is 4.88 Å². The van der Waals surface area contributed by atoms with E-state index in [0.717, 1.165) is 9.35 Å². The number of carboxylic acid groups (broad SMARTS) is 1. The van der Waals surface area contributed by atoms with E-state index in [-0.39, 0.29) is 24.3 Å². The van der Waals surface area contributed by atoms with Crippen molar-refractivity contribution in [1.29, 1.82) is 0 Å². The third-order valence-electron chi connectivity index (χ3n) is 2.60. The smallest absolute Gasteiger partial charge is 0.305 e. The van der Waals surface area contributed by atoms with Gasteiger partial charge in [-0.05, 0) is 40.4 Å². The van der Waals surface area contributed by atoms with Gasteiger partial charge in [-0.1, -0.05) is 13.8 Å².